The molecule has 5 aromatic carbocycles. The van der Waals surface area contributed by atoms with Gasteiger partial charge in [-0.25, -0.2) is 0 Å². The zero-order chi connectivity index (χ0) is 25.8. The number of nitrogens with zero attached hydrogens (tertiary/aromatic N) is 3. The van der Waals surface area contributed by atoms with Crippen LogP contribution in [0.25, 0.3) is 69.2 Å². The first-order valence-electron chi connectivity index (χ1n) is 12.8. The monoisotopic (exact) mass is 535 g/mol. The van der Waals surface area contributed by atoms with Crippen LogP contribution in [0.3, 0.4) is 0 Å². The molecule has 0 saturated heterocycles. The Labute approximate surface area is 233 Å². The van der Waals surface area contributed by atoms with Crippen LogP contribution in [0.4, 0.5) is 0 Å². The molecule has 3 nitrogen and oxygen atoms in total. The van der Waals surface area contributed by atoms with Crippen molar-refractivity contribution >= 4 is 54.6 Å². The summed E-state index contributed by atoms with van der Waals surface area (Å²) < 4.78 is 3.71. The maximum Gasteiger partial charge on any atom is 0.148 e. The molecule has 0 aliphatic carbocycles. The molecule has 0 bridgehead atoms. The SMILES string of the molecule is c1ccc(-c2cc3ccc4c(c5ccccc5n4-c4cccc(-c5nnc(-c6ccccc6)s5)c4)c3s2)cc1. The first-order chi connectivity index (χ1) is 19.3. The van der Waals surface area contributed by atoms with E-state index < -0.39 is 0 Å². The van der Waals surface area contributed by atoms with E-state index in [9.17, 15) is 0 Å². The number of para-hydroxylation sites is 1. The van der Waals surface area contributed by atoms with Crippen LogP contribution in [-0.2, 0) is 0 Å². The van der Waals surface area contributed by atoms with Gasteiger partial charge in [-0.15, -0.1) is 21.5 Å². The summed E-state index contributed by atoms with van der Waals surface area (Å²) in [5.74, 6) is 0. The summed E-state index contributed by atoms with van der Waals surface area (Å²) in [4.78, 5) is 1.29. The van der Waals surface area contributed by atoms with Crippen LogP contribution < -0.4 is 0 Å². The molecule has 8 aromatic rings. The van der Waals surface area contributed by atoms with E-state index in [-0.39, 0.29) is 0 Å². The van der Waals surface area contributed by atoms with Crippen LogP contribution in [0.5, 0.6) is 0 Å². The van der Waals surface area contributed by atoms with Gasteiger partial charge in [0.25, 0.3) is 0 Å². The third kappa shape index (κ3) is 3.70. The van der Waals surface area contributed by atoms with Gasteiger partial charge >= 0.3 is 0 Å². The lowest BCUT2D eigenvalue weighted by Gasteiger charge is -2.09. The van der Waals surface area contributed by atoms with Gasteiger partial charge in [-0.2, -0.15) is 0 Å². The van der Waals surface area contributed by atoms with Crippen LogP contribution in [0.2, 0.25) is 0 Å². The molecular weight excluding hydrogens is 515 g/mol. The summed E-state index contributed by atoms with van der Waals surface area (Å²) >= 11 is 3.50. The van der Waals surface area contributed by atoms with Crippen LogP contribution in [0, 0.1) is 0 Å². The van der Waals surface area contributed by atoms with Gasteiger partial charge in [0.1, 0.15) is 10.0 Å². The highest BCUT2D eigenvalue weighted by Crippen LogP contribution is 2.43. The van der Waals surface area contributed by atoms with Gasteiger partial charge in [-0.1, -0.05) is 108 Å². The molecule has 3 heterocycles. The van der Waals surface area contributed by atoms with E-state index in [0.717, 1.165) is 26.8 Å². The van der Waals surface area contributed by atoms with Crippen molar-refractivity contribution in [2.45, 2.75) is 0 Å². The van der Waals surface area contributed by atoms with Crippen molar-refractivity contribution in [1.29, 1.82) is 0 Å². The van der Waals surface area contributed by atoms with Crippen molar-refractivity contribution in [3.63, 3.8) is 0 Å². The van der Waals surface area contributed by atoms with Crippen molar-refractivity contribution in [2.24, 2.45) is 0 Å². The van der Waals surface area contributed by atoms with Gasteiger partial charge in [-0.3, -0.25) is 0 Å². The highest BCUT2D eigenvalue weighted by molar-refractivity contribution is 7.23. The number of hydrogen-bond acceptors (Lipinski definition) is 4. The average molecular weight is 536 g/mol. The molecule has 184 valence electrons. The molecule has 0 unspecified atom stereocenters. The number of hydrogen-bond donors (Lipinski definition) is 0. The topological polar surface area (TPSA) is 30.7 Å². The minimum absolute atomic E-state index is 0.921. The fourth-order valence-corrected chi connectivity index (χ4v) is 7.45. The number of rotatable bonds is 4. The van der Waals surface area contributed by atoms with E-state index >= 15 is 0 Å². The maximum absolute atomic E-state index is 4.54. The quantitative estimate of drug-likeness (QED) is 0.224. The second-order valence-electron chi connectivity index (χ2n) is 9.54. The van der Waals surface area contributed by atoms with Crippen LogP contribution in [-0.4, -0.2) is 14.8 Å². The second-order valence-corrected chi connectivity index (χ2v) is 11.6. The molecule has 0 aliphatic heterocycles. The van der Waals surface area contributed by atoms with Gasteiger partial charge in [0.15, 0.2) is 0 Å². The predicted octanol–water partition coefficient (Wildman–Crippen LogP) is 9.85. The smallest absolute Gasteiger partial charge is 0.148 e. The Morgan fingerprint density at radius 1 is 0.513 bits per heavy atom. The molecule has 5 heteroatoms. The number of aromatic nitrogens is 3. The zero-order valence-corrected chi connectivity index (χ0v) is 22.4. The van der Waals surface area contributed by atoms with E-state index in [1.54, 1.807) is 11.3 Å². The largest absolute Gasteiger partial charge is 0.309 e. The molecule has 0 fully saturated rings. The zero-order valence-electron chi connectivity index (χ0n) is 20.8. The van der Waals surface area contributed by atoms with E-state index in [2.05, 4.69) is 124 Å². The molecule has 0 N–H and O–H groups in total. The van der Waals surface area contributed by atoms with E-state index in [1.807, 2.05) is 29.5 Å². The fourth-order valence-electron chi connectivity index (χ4n) is 5.39. The van der Waals surface area contributed by atoms with Gasteiger partial charge in [0.05, 0.1) is 11.0 Å². The number of benzene rings is 5. The Bertz CT molecular complexity index is 2120. The third-order valence-corrected chi connectivity index (χ3v) is 9.41. The molecule has 0 amide bonds. The van der Waals surface area contributed by atoms with Gasteiger partial charge in [0.2, 0.25) is 0 Å². The minimum Gasteiger partial charge on any atom is -0.309 e. The lowest BCUT2D eigenvalue weighted by Crippen LogP contribution is -1.94. The lowest BCUT2D eigenvalue weighted by molar-refractivity contribution is 1.10. The summed E-state index contributed by atoms with van der Waals surface area (Å²) in [5, 5.41) is 14.7. The highest BCUT2D eigenvalue weighted by atomic mass is 32.1. The number of thiophene rings is 1. The van der Waals surface area contributed by atoms with Gasteiger partial charge in [-0.05, 0) is 41.3 Å². The van der Waals surface area contributed by atoms with Crippen molar-refractivity contribution < 1.29 is 0 Å². The normalized spacial score (nSPS) is 11.6. The van der Waals surface area contributed by atoms with Crippen LogP contribution >= 0.6 is 22.7 Å². The highest BCUT2D eigenvalue weighted by Gasteiger charge is 2.17. The average Bonchev–Trinajstić information content (AvgIpc) is 3.74. The predicted molar refractivity (Wildman–Crippen MR) is 166 cm³/mol. The Morgan fingerprint density at radius 3 is 2.03 bits per heavy atom. The second kappa shape index (κ2) is 9.02. The molecule has 0 radical (unpaired) electrons. The van der Waals surface area contributed by atoms with Crippen LogP contribution in [0.1, 0.15) is 0 Å². The maximum atomic E-state index is 4.54. The number of fused-ring (bicyclic) bond motifs is 5. The van der Waals surface area contributed by atoms with Crippen molar-refractivity contribution in [3.8, 4) is 37.3 Å². The van der Waals surface area contributed by atoms with Crippen molar-refractivity contribution in [1.82, 2.24) is 14.8 Å². The minimum atomic E-state index is 0.921. The third-order valence-electron chi connectivity index (χ3n) is 7.18. The Balaban J connectivity index is 1.31. The van der Waals surface area contributed by atoms with Crippen molar-refractivity contribution in [3.05, 3.63) is 127 Å². The van der Waals surface area contributed by atoms with E-state index in [1.165, 1.54) is 42.3 Å². The van der Waals surface area contributed by atoms with Crippen LogP contribution in [0.15, 0.2) is 127 Å². The fraction of sp³-hybridized carbons (Fsp3) is 0. The van der Waals surface area contributed by atoms with E-state index in [0.29, 0.717) is 0 Å². The molecule has 0 atom stereocenters. The molecular formula is C34H21N3S2. The Hall–Kier alpha value is -4.58. The summed E-state index contributed by atoms with van der Waals surface area (Å²) in [6, 6.07) is 45.1. The molecule has 3 aromatic heterocycles. The molecule has 0 saturated carbocycles. The molecule has 0 aliphatic rings. The van der Waals surface area contributed by atoms with Crippen molar-refractivity contribution in [2.75, 3.05) is 0 Å². The summed E-state index contributed by atoms with van der Waals surface area (Å²) in [5.41, 5.74) is 6.96. The molecule has 8 rings (SSSR count). The lowest BCUT2D eigenvalue weighted by atomic mass is 10.1. The first-order valence-corrected chi connectivity index (χ1v) is 14.5. The summed E-state index contributed by atoms with van der Waals surface area (Å²) in [6.07, 6.45) is 0. The molecule has 0 spiro atoms. The Morgan fingerprint density at radius 2 is 1.21 bits per heavy atom. The van der Waals surface area contributed by atoms with Gasteiger partial charge < -0.3 is 4.57 Å². The molecule has 39 heavy (non-hydrogen) atoms. The van der Waals surface area contributed by atoms with E-state index in [4.69, 9.17) is 0 Å². The van der Waals surface area contributed by atoms with Gasteiger partial charge in [0, 0.05) is 37.2 Å². The summed E-state index contributed by atoms with van der Waals surface area (Å²) in [7, 11) is 0. The summed E-state index contributed by atoms with van der Waals surface area (Å²) in [6.45, 7) is 0. The standard InChI is InChI=1S/C34H21N3S2/c1-3-10-22(11-4-1)30-21-24-18-19-29-31(32(24)38-30)27-16-7-8-17-28(27)37(29)26-15-9-14-25(20-26)34-36-35-33(39-34)23-12-5-2-6-13-23/h1-21H. The Kier molecular flexibility index (Phi) is 5.18. The first kappa shape index (κ1) is 22.4.